The van der Waals surface area contributed by atoms with Crippen molar-refractivity contribution >= 4 is 5.91 Å². The van der Waals surface area contributed by atoms with Gasteiger partial charge in [0.15, 0.2) is 11.6 Å². The molecule has 14 heavy (non-hydrogen) atoms. The Bertz CT molecular complexity index is 331. The lowest BCUT2D eigenvalue weighted by molar-refractivity contribution is 0.0645. The average Bonchev–Trinajstić information content (AvgIpc) is 2.50. The Kier molecular flexibility index (Phi) is 2.49. The lowest BCUT2D eigenvalue weighted by atomic mass is 10.2. The molecular weight excluding hydrogens is 182 g/mol. The molecule has 5 nitrogen and oxygen atoms in total. The van der Waals surface area contributed by atoms with E-state index >= 15 is 0 Å². The normalized spacial score (nSPS) is 15.4. The maximum atomic E-state index is 11.6. The van der Waals surface area contributed by atoms with Crippen molar-refractivity contribution in [3.05, 3.63) is 17.8 Å². The Morgan fingerprint density at radius 3 is 3.00 bits per heavy atom. The van der Waals surface area contributed by atoms with Gasteiger partial charge in [-0.3, -0.25) is 4.79 Å². The first-order valence-corrected chi connectivity index (χ1v) is 4.75. The molecule has 0 unspecified atom stereocenters. The van der Waals surface area contributed by atoms with Crippen LogP contribution in [0.25, 0.3) is 0 Å². The smallest absolute Gasteiger partial charge is 0.275 e. The van der Waals surface area contributed by atoms with Crippen LogP contribution in [-0.4, -0.2) is 35.4 Å². The second-order valence-corrected chi connectivity index (χ2v) is 3.31. The molecule has 0 radical (unpaired) electrons. The largest absolute Gasteiger partial charge is 0.448 e. The Labute approximate surface area is 81.9 Å². The number of nitrogens with two attached hydrogens (primary N) is 1. The summed E-state index contributed by atoms with van der Waals surface area (Å²) < 4.78 is 5.11. The van der Waals surface area contributed by atoms with Gasteiger partial charge in [-0.25, -0.2) is 4.98 Å². The number of amides is 1. The number of rotatable bonds is 3. The van der Waals surface area contributed by atoms with Crippen LogP contribution in [0.4, 0.5) is 0 Å². The van der Waals surface area contributed by atoms with Gasteiger partial charge < -0.3 is 15.1 Å². The van der Waals surface area contributed by atoms with Crippen LogP contribution >= 0.6 is 0 Å². The van der Waals surface area contributed by atoms with E-state index in [9.17, 15) is 4.79 Å². The number of likely N-dealkylation sites (tertiary alicyclic amines) is 1. The summed E-state index contributed by atoms with van der Waals surface area (Å²) in [6, 6.07) is 0. The van der Waals surface area contributed by atoms with Crippen LogP contribution < -0.4 is 5.73 Å². The highest BCUT2D eigenvalue weighted by Crippen LogP contribution is 2.12. The van der Waals surface area contributed by atoms with Crippen LogP contribution in [0.2, 0.25) is 0 Å². The van der Waals surface area contributed by atoms with E-state index in [2.05, 4.69) is 4.98 Å². The number of hydrogen-bond donors (Lipinski definition) is 1. The number of oxazole rings is 1. The van der Waals surface area contributed by atoms with Crippen molar-refractivity contribution in [1.82, 2.24) is 9.88 Å². The summed E-state index contributed by atoms with van der Waals surface area (Å²) in [5, 5.41) is 0. The number of carbonyl (C=O) groups excluding carboxylic acids is 1. The lowest BCUT2D eigenvalue weighted by Gasteiger charge is -2.29. The third kappa shape index (κ3) is 1.63. The summed E-state index contributed by atoms with van der Waals surface area (Å²) in [4.78, 5) is 17.4. The van der Waals surface area contributed by atoms with E-state index < -0.39 is 0 Å². The summed E-state index contributed by atoms with van der Waals surface area (Å²) in [5.41, 5.74) is 5.74. The van der Waals surface area contributed by atoms with E-state index in [1.165, 1.54) is 6.26 Å². The Morgan fingerprint density at radius 2 is 2.43 bits per heavy atom. The van der Waals surface area contributed by atoms with Gasteiger partial charge in [0.2, 0.25) is 0 Å². The highest BCUT2D eigenvalue weighted by Gasteiger charge is 2.23. The SMILES string of the molecule is NCCc1nc(C(=O)N2CCC2)co1. The first-order chi connectivity index (χ1) is 6.81. The Morgan fingerprint density at radius 1 is 1.64 bits per heavy atom. The molecule has 5 heteroatoms. The summed E-state index contributed by atoms with van der Waals surface area (Å²) >= 11 is 0. The molecule has 2 heterocycles. The fourth-order valence-electron chi connectivity index (χ4n) is 1.33. The van der Waals surface area contributed by atoms with E-state index in [4.69, 9.17) is 10.2 Å². The molecule has 0 aliphatic carbocycles. The van der Waals surface area contributed by atoms with Gasteiger partial charge in [0, 0.05) is 26.1 Å². The van der Waals surface area contributed by atoms with Crippen LogP contribution in [0, 0.1) is 0 Å². The maximum Gasteiger partial charge on any atom is 0.275 e. The monoisotopic (exact) mass is 195 g/mol. The number of hydrogen-bond acceptors (Lipinski definition) is 4. The summed E-state index contributed by atoms with van der Waals surface area (Å²) in [6.07, 6.45) is 3.07. The molecule has 1 aromatic rings. The van der Waals surface area contributed by atoms with Crippen LogP contribution in [0.5, 0.6) is 0 Å². The molecular formula is C9H13N3O2. The zero-order chi connectivity index (χ0) is 9.97. The maximum absolute atomic E-state index is 11.6. The van der Waals surface area contributed by atoms with Crippen molar-refractivity contribution in [2.24, 2.45) is 5.73 Å². The quantitative estimate of drug-likeness (QED) is 0.738. The zero-order valence-corrected chi connectivity index (χ0v) is 7.90. The van der Waals surface area contributed by atoms with Crippen molar-refractivity contribution in [2.75, 3.05) is 19.6 Å². The fourth-order valence-corrected chi connectivity index (χ4v) is 1.33. The van der Waals surface area contributed by atoms with Crippen LogP contribution in [0.3, 0.4) is 0 Å². The molecule has 0 bridgehead atoms. The number of nitrogens with zero attached hydrogens (tertiary/aromatic N) is 2. The minimum absolute atomic E-state index is 0.0386. The van der Waals surface area contributed by atoms with Gasteiger partial charge in [0.1, 0.15) is 6.26 Å². The summed E-state index contributed by atoms with van der Waals surface area (Å²) in [5.74, 6) is 0.500. The standard InChI is InChI=1S/C9H13N3O2/c10-3-2-8-11-7(6-14-8)9(13)12-4-1-5-12/h6H,1-5,10H2. The molecule has 0 atom stereocenters. The average molecular weight is 195 g/mol. The molecule has 0 saturated carbocycles. The minimum Gasteiger partial charge on any atom is -0.448 e. The second-order valence-electron chi connectivity index (χ2n) is 3.31. The van der Waals surface area contributed by atoms with Crippen LogP contribution in [-0.2, 0) is 6.42 Å². The molecule has 0 aromatic carbocycles. The predicted molar refractivity (Wildman–Crippen MR) is 49.8 cm³/mol. The van der Waals surface area contributed by atoms with Crippen molar-refractivity contribution in [2.45, 2.75) is 12.8 Å². The first kappa shape index (κ1) is 9.21. The third-order valence-corrected chi connectivity index (χ3v) is 2.27. The van der Waals surface area contributed by atoms with E-state index in [1.807, 2.05) is 0 Å². The van der Waals surface area contributed by atoms with Gasteiger partial charge in [0.05, 0.1) is 0 Å². The topological polar surface area (TPSA) is 72.4 Å². The van der Waals surface area contributed by atoms with Gasteiger partial charge in [0.25, 0.3) is 5.91 Å². The molecule has 1 amide bonds. The van der Waals surface area contributed by atoms with Crippen molar-refractivity contribution < 1.29 is 9.21 Å². The lowest BCUT2D eigenvalue weighted by Crippen LogP contribution is -2.42. The van der Waals surface area contributed by atoms with Gasteiger partial charge in [-0.05, 0) is 6.42 Å². The fraction of sp³-hybridized carbons (Fsp3) is 0.556. The molecule has 1 aromatic heterocycles. The predicted octanol–water partition coefficient (Wildman–Crippen LogP) is 0.0217. The van der Waals surface area contributed by atoms with E-state index in [1.54, 1.807) is 4.90 Å². The van der Waals surface area contributed by atoms with E-state index in [0.717, 1.165) is 19.5 Å². The van der Waals surface area contributed by atoms with Gasteiger partial charge >= 0.3 is 0 Å². The van der Waals surface area contributed by atoms with Gasteiger partial charge in [-0.2, -0.15) is 0 Å². The highest BCUT2D eigenvalue weighted by atomic mass is 16.3. The molecule has 76 valence electrons. The van der Waals surface area contributed by atoms with E-state index in [-0.39, 0.29) is 5.91 Å². The molecule has 1 aliphatic heterocycles. The van der Waals surface area contributed by atoms with E-state index in [0.29, 0.717) is 24.6 Å². The number of aromatic nitrogens is 1. The molecule has 1 fully saturated rings. The summed E-state index contributed by atoms with van der Waals surface area (Å²) in [6.45, 7) is 2.15. The molecule has 2 N–H and O–H groups in total. The van der Waals surface area contributed by atoms with Gasteiger partial charge in [-0.15, -0.1) is 0 Å². The Hall–Kier alpha value is -1.36. The Balaban J connectivity index is 2.04. The first-order valence-electron chi connectivity index (χ1n) is 4.75. The van der Waals surface area contributed by atoms with Crippen molar-refractivity contribution in [3.8, 4) is 0 Å². The van der Waals surface area contributed by atoms with Gasteiger partial charge in [-0.1, -0.05) is 0 Å². The third-order valence-electron chi connectivity index (χ3n) is 2.27. The molecule has 2 rings (SSSR count). The van der Waals surface area contributed by atoms with Crippen LogP contribution in [0.15, 0.2) is 10.7 Å². The number of carbonyl (C=O) groups is 1. The highest BCUT2D eigenvalue weighted by molar-refractivity contribution is 5.92. The van der Waals surface area contributed by atoms with Crippen molar-refractivity contribution in [3.63, 3.8) is 0 Å². The minimum atomic E-state index is -0.0386. The van der Waals surface area contributed by atoms with Crippen molar-refractivity contribution in [1.29, 1.82) is 0 Å². The molecule has 1 saturated heterocycles. The zero-order valence-electron chi connectivity index (χ0n) is 7.90. The second kappa shape index (κ2) is 3.79. The molecule has 1 aliphatic rings. The van der Waals surface area contributed by atoms with Crippen LogP contribution in [0.1, 0.15) is 22.8 Å². The summed E-state index contributed by atoms with van der Waals surface area (Å²) in [7, 11) is 0. The molecule has 0 spiro atoms.